The molecule has 19 heavy (non-hydrogen) atoms. The molecule has 1 amide bonds. The number of anilines is 1. The number of carbonyl (C=O) groups is 1. The van der Waals surface area contributed by atoms with Gasteiger partial charge in [0.05, 0.1) is 11.4 Å². The number of hydrogen-bond acceptors (Lipinski definition) is 3. The van der Waals surface area contributed by atoms with E-state index in [1.807, 2.05) is 14.0 Å². The average molecular weight is 259 g/mol. The molecule has 2 rings (SSSR count). The van der Waals surface area contributed by atoms with E-state index in [4.69, 9.17) is 0 Å². The SMILES string of the molecule is CCc1nn(C)cc1NC(=O)c1ccc(C)c(O)c1. The fourth-order valence-corrected chi connectivity index (χ4v) is 1.85. The van der Waals surface area contributed by atoms with Gasteiger partial charge in [0.25, 0.3) is 5.91 Å². The topological polar surface area (TPSA) is 67.2 Å². The lowest BCUT2D eigenvalue weighted by molar-refractivity contribution is 0.102. The number of nitrogens with zero attached hydrogens (tertiary/aromatic N) is 2. The van der Waals surface area contributed by atoms with Crippen molar-refractivity contribution in [1.82, 2.24) is 9.78 Å². The molecule has 0 aliphatic carbocycles. The van der Waals surface area contributed by atoms with Crippen molar-refractivity contribution >= 4 is 11.6 Å². The summed E-state index contributed by atoms with van der Waals surface area (Å²) in [7, 11) is 1.81. The minimum absolute atomic E-state index is 0.120. The molecule has 1 heterocycles. The van der Waals surface area contributed by atoms with Gasteiger partial charge < -0.3 is 10.4 Å². The summed E-state index contributed by atoms with van der Waals surface area (Å²) in [6.45, 7) is 3.77. The molecule has 0 aliphatic rings. The molecule has 2 aromatic rings. The second-order valence-corrected chi connectivity index (χ2v) is 4.47. The second-order valence-electron chi connectivity index (χ2n) is 4.47. The molecule has 5 heteroatoms. The van der Waals surface area contributed by atoms with E-state index in [0.717, 1.165) is 17.7 Å². The molecule has 0 saturated heterocycles. The van der Waals surface area contributed by atoms with Gasteiger partial charge in [0.15, 0.2) is 0 Å². The molecule has 0 aliphatic heterocycles. The third kappa shape index (κ3) is 2.76. The third-order valence-corrected chi connectivity index (χ3v) is 2.96. The average Bonchev–Trinajstić information content (AvgIpc) is 2.72. The van der Waals surface area contributed by atoms with Crippen molar-refractivity contribution in [3.63, 3.8) is 0 Å². The molecule has 1 aromatic carbocycles. The molecule has 0 atom stereocenters. The summed E-state index contributed by atoms with van der Waals surface area (Å²) < 4.78 is 1.67. The van der Waals surface area contributed by atoms with Crippen molar-refractivity contribution in [3.8, 4) is 5.75 Å². The molecule has 0 unspecified atom stereocenters. The number of aromatic hydroxyl groups is 1. The fraction of sp³-hybridized carbons (Fsp3) is 0.286. The number of rotatable bonds is 3. The zero-order valence-electron chi connectivity index (χ0n) is 11.3. The summed E-state index contributed by atoms with van der Waals surface area (Å²) in [5.74, 6) is -0.132. The van der Waals surface area contributed by atoms with Crippen molar-refractivity contribution < 1.29 is 9.90 Å². The number of hydrogen-bond donors (Lipinski definition) is 2. The van der Waals surface area contributed by atoms with Crippen LogP contribution in [-0.4, -0.2) is 20.8 Å². The summed E-state index contributed by atoms with van der Waals surface area (Å²) in [6.07, 6.45) is 2.51. The molecule has 100 valence electrons. The molecule has 2 N–H and O–H groups in total. The fourth-order valence-electron chi connectivity index (χ4n) is 1.85. The molecule has 1 aromatic heterocycles. The summed E-state index contributed by atoms with van der Waals surface area (Å²) in [6, 6.07) is 4.87. The molecule has 0 bridgehead atoms. The van der Waals surface area contributed by atoms with Crippen LogP contribution in [0.1, 0.15) is 28.5 Å². The molecule has 0 radical (unpaired) electrons. The Hall–Kier alpha value is -2.30. The number of phenolic OH excluding ortho intramolecular Hbond substituents is 1. The van der Waals surface area contributed by atoms with Gasteiger partial charge in [-0.2, -0.15) is 5.10 Å². The van der Waals surface area contributed by atoms with Crippen molar-refractivity contribution in [2.24, 2.45) is 7.05 Å². The van der Waals surface area contributed by atoms with Crippen LogP contribution in [0, 0.1) is 6.92 Å². The first-order valence-electron chi connectivity index (χ1n) is 6.14. The minimum Gasteiger partial charge on any atom is -0.508 e. The van der Waals surface area contributed by atoms with Gasteiger partial charge in [-0.25, -0.2) is 0 Å². The van der Waals surface area contributed by atoms with Gasteiger partial charge in [0, 0.05) is 18.8 Å². The van der Waals surface area contributed by atoms with Crippen LogP contribution in [0.15, 0.2) is 24.4 Å². The number of aryl methyl sites for hydroxylation is 3. The Morgan fingerprint density at radius 3 is 2.84 bits per heavy atom. The van der Waals surface area contributed by atoms with Gasteiger partial charge in [0.2, 0.25) is 0 Å². The van der Waals surface area contributed by atoms with Crippen molar-refractivity contribution in [2.75, 3.05) is 5.32 Å². The highest BCUT2D eigenvalue weighted by Crippen LogP contribution is 2.19. The Kier molecular flexibility index (Phi) is 3.55. The van der Waals surface area contributed by atoms with E-state index in [0.29, 0.717) is 11.3 Å². The van der Waals surface area contributed by atoms with Crippen LogP contribution in [-0.2, 0) is 13.5 Å². The number of phenols is 1. The minimum atomic E-state index is -0.252. The van der Waals surface area contributed by atoms with Crippen LogP contribution in [0.2, 0.25) is 0 Å². The number of amides is 1. The number of carbonyl (C=O) groups excluding carboxylic acids is 1. The van der Waals surface area contributed by atoms with E-state index in [1.54, 1.807) is 29.9 Å². The van der Waals surface area contributed by atoms with Gasteiger partial charge >= 0.3 is 0 Å². The maximum atomic E-state index is 12.1. The van der Waals surface area contributed by atoms with Gasteiger partial charge in [0.1, 0.15) is 5.75 Å². The van der Waals surface area contributed by atoms with E-state index in [-0.39, 0.29) is 11.7 Å². The van der Waals surface area contributed by atoms with Crippen LogP contribution in [0.25, 0.3) is 0 Å². The van der Waals surface area contributed by atoms with Gasteiger partial charge in [-0.15, -0.1) is 0 Å². The highest BCUT2D eigenvalue weighted by Gasteiger charge is 2.12. The third-order valence-electron chi connectivity index (χ3n) is 2.96. The number of benzene rings is 1. The van der Waals surface area contributed by atoms with Gasteiger partial charge in [-0.3, -0.25) is 9.48 Å². The van der Waals surface area contributed by atoms with Gasteiger partial charge in [-0.05, 0) is 31.0 Å². The van der Waals surface area contributed by atoms with Crippen LogP contribution < -0.4 is 5.32 Å². The monoisotopic (exact) mass is 259 g/mol. The maximum Gasteiger partial charge on any atom is 0.255 e. The van der Waals surface area contributed by atoms with Crippen LogP contribution in [0.5, 0.6) is 5.75 Å². The smallest absolute Gasteiger partial charge is 0.255 e. The first-order valence-corrected chi connectivity index (χ1v) is 6.14. The van der Waals surface area contributed by atoms with E-state index >= 15 is 0 Å². The van der Waals surface area contributed by atoms with Crippen molar-refractivity contribution in [1.29, 1.82) is 0 Å². The number of nitrogens with one attached hydrogen (secondary N) is 1. The predicted molar refractivity (Wildman–Crippen MR) is 73.4 cm³/mol. The largest absolute Gasteiger partial charge is 0.508 e. The highest BCUT2D eigenvalue weighted by molar-refractivity contribution is 6.04. The first kappa shape index (κ1) is 13.1. The Morgan fingerprint density at radius 2 is 2.21 bits per heavy atom. The zero-order chi connectivity index (χ0) is 14.0. The second kappa shape index (κ2) is 5.14. The Bertz CT molecular complexity index is 617. The lowest BCUT2D eigenvalue weighted by Crippen LogP contribution is -2.12. The van der Waals surface area contributed by atoms with Crippen LogP contribution in [0.3, 0.4) is 0 Å². The van der Waals surface area contributed by atoms with Crippen molar-refractivity contribution in [2.45, 2.75) is 20.3 Å². The van der Waals surface area contributed by atoms with E-state index < -0.39 is 0 Å². The molecule has 0 saturated carbocycles. The molecular weight excluding hydrogens is 242 g/mol. The summed E-state index contributed by atoms with van der Waals surface area (Å²) >= 11 is 0. The van der Waals surface area contributed by atoms with E-state index in [2.05, 4.69) is 10.4 Å². The Morgan fingerprint density at radius 1 is 1.47 bits per heavy atom. The lowest BCUT2D eigenvalue weighted by atomic mass is 10.1. The Balaban J connectivity index is 2.22. The van der Waals surface area contributed by atoms with Gasteiger partial charge in [-0.1, -0.05) is 13.0 Å². The van der Waals surface area contributed by atoms with Crippen LogP contribution in [0.4, 0.5) is 5.69 Å². The van der Waals surface area contributed by atoms with E-state index in [9.17, 15) is 9.90 Å². The molecule has 5 nitrogen and oxygen atoms in total. The summed E-state index contributed by atoms with van der Waals surface area (Å²) in [5.41, 5.74) is 2.71. The molecular formula is C14H17N3O2. The molecule has 0 spiro atoms. The molecule has 0 fully saturated rings. The van der Waals surface area contributed by atoms with Crippen LogP contribution >= 0.6 is 0 Å². The predicted octanol–water partition coefficient (Wildman–Crippen LogP) is 2.25. The lowest BCUT2D eigenvalue weighted by Gasteiger charge is -2.06. The zero-order valence-corrected chi connectivity index (χ0v) is 11.3. The van der Waals surface area contributed by atoms with E-state index in [1.165, 1.54) is 6.07 Å². The highest BCUT2D eigenvalue weighted by atomic mass is 16.3. The number of aromatic nitrogens is 2. The standard InChI is InChI=1S/C14H17N3O2/c1-4-11-12(8-17(3)16-11)15-14(19)10-6-5-9(2)13(18)7-10/h5-8,18H,4H2,1-3H3,(H,15,19). The van der Waals surface area contributed by atoms with Crippen molar-refractivity contribution in [3.05, 3.63) is 41.2 Å². The normalized spacial score (nSPS) is 10.5. The summed E-state index contributed by atoms with van der Waals surface area (Å²) in [4.78, 5) is 12.1. The Labute approximate surface area is 111 Å². The quantitative estimate of drug-likeness (QED) is 0.888. The summed E-state index contributed by atoms with van der Waals surface area (Å²) in [5, 5.41) is 16.7. The maximum absolute atomic E-state index is 12.1. The first-order chi connectivity index (χ1) is 9.01.